The van der Waals surface area contributed by atoms with Crippen LogP contribution in [-0.4, -0.2) is 44.6 Å². The van der Waals surface area contributed by atoms with Gasteiger partial charge < -0.3 is 15.0 Å². The molecule has 7 heteroatoms. The van der Waals surface area contributed by atoms with E-state index in [4.69, 9.17) is 0 Å². The van der Waals surface area contributed by atoms with Crippen LogP contribution < -0.4 is 5.56 Å². The highest BCUT2D eigenvalue weighted by molar-refractivity contribution is 7.20. The van der Waals surface area contributed by atoms with Crippen molar-refractivity contribution in [1.82, 2.24) is 14.9 Å². The van der Waals surface area contributed by atoms with Gasteiger partial charge in [-0.05, 0) is 37.7 Å². The van der Waals surface area contributed by atoms with Crippen molar-refractivity contribution in [2.75, 3.05) is 13.1 Å². The van der Waals surface area contributed by atoms with Gasteiger partial charge in [-0.2, -0.15) is 0 Å². The molecule has 25 heavy (non-hydrogen) atoms. The average Bonchev–Trinajstić information content (AvgIpc) is 3.18. The summed E-state index contributed by atoms with van der Waals surface area (Å²) in [5, 5.41) is 11.4. The number of aromatic nitrogens is 2. The monoisotopic (exact) mass is 361 g/mol. The largest absolute Gasteiger partial charge is 0.390 e. The normalized spacial score (nSPS) is 29.2. The van der Waals surface area contributed by atoms with E-state index in [1.165, 1.54) is 17.7 Å². The number of aliphatic hydroxyl groups is 1. The number of likely N-dealkylation sites (tertiary alicyclic amines) is 1. The van der Waals surface area contributed by atoms with Crippen molar-refractivity contribution in [3.05, 3.63) is 27.1 Å². The van der Waals surface area contributed by atoms with E-state index in [0.29, 0.717) is 39.7 Å². The molecule has 2 aromatic heterocycles. The summed E-state index contributed by atoms with van der Waals surface area (Å²) in [6.07, 6.45) is 5.03. The fraction of sp³-hybridized carbons (Fsp3) is 0.611. The number of H-pyrrole nitrogens is 1. The summed E-state index contributed by atoms with van der Waals surface area (Å²) in [4.78, 5) is 35.0. The number of nitrogens with one attached hydrogen (secondary N) is 1. The minimum Gasteiger partial charge on any atom is -0.390 e. The molecule has 1 saturated carbocycles. The first kappa shape index (κ1) is 16.7. The summed E-state index contributed by atoms with van der Waals surface area (Å²) in [6, 6.07) is 0. The molecular weight excluding hydrogens is 338 g/mol. The molecule has 0 unspecified atom stereocenters. The number of hydrogen-bond donors (Lipinski definition) is 2. The fourth-order valence-corrected chi connectivity index (χ4v) is 5.78. The van der Waals surface area contributed by atoms with Gasteiger partial charge in [0.05, 0.1) is 22.2 Å². The van der Waals surface area contributed by atoms with Gasteiger partial charge in [-0.1, -0.05) is 13.3 Å². The van der Waals surface area contributed by atoms with Gasteiger partial charge in [-0.15, -0.1) is 11.3 Å². The lowest BCUT2D eigenvalue weighted by molar-refractivity contribution is -0.0609. The molecule has 2 fully saturated rings. The summed E-state index contributed by atoms with van der Waals surface area (Å²) in [5.41, 5.74) is -0.139. The number of carbonyl (C=O) groups excluding carboxylic acids is 1. The van der Waals surface area contributed by atoms with Gasteiger partial charge >= 0.3 is 0 Å². The first-order valence-electron chi connectivity index (χ1n) is 8.93. The van der Waals surface area contributed by atoms with Crippen LogP contribution in [0.2, 0.25) is 0 Å². The summed E-state index contributed by atoms with van der Waals surface area (Å²) in [5.74, 6) is 0.498. The molecule has 0 bridgehead atoms. The molecule has 1 aliphatic heterocycles. The first-order chi connectivity index (χ1) is 11.9. The molecule has 2 aromatic rings. The van der Waals surface area contributed by atoms with Gasteiger partial charge in [0.15, 0.2) is 0 Å². The number of rotatable bonds is 2. The van der Waals surface area contributed by atoms with E-state index in [0.717, 1.165) is 25.7 Å². The van der Waals surface area contributed by atoms with Crippen LogP contribution in [-0.2, 0) is 0 Å². The second kappa shape index (κ2) is 5.92. The zero-order chi connectivity index (χ0) is 17.8. The first-order valence-corrected chi connectivity index (χ1v) is 9.74. The number of nitrogens with zero attached hydrogens (tertiary/aromatic N) is 2. The van der Waals surface area contributed by atoms with Gasteiger partial charge in [-0.25, -0.2) is 4.98 Å². The third-order valence-electron chi connectivity index (χ3n) is 6.14. The van der Waals surface area contributed by atoms with Crippen LogP contribution in [0, 0.1) is 18.8 Å². The van der Waals surface area contributed by atoms with Gasteiger partial charge in [0.1, 0.15) is 4.83 Å². The third kappa shape index (κ3) is 2.52. The summed E-state index contributed by atoms with van der Waals surface area (Å²) >= 11 is 1.29. The van der Waals surface area contributed by atoms with Crippen LogP contribution in [0.5, 0.6) is 0 Å². The Morgan fingerprint density at radius 1 is 1.52 bits per heavy atom. The molecule has 134 valence electrons. The molecule has 6 nitrogen and oxygen atoms in total. The van der Waals surface area contributed by atoms with Gasteiger partial charge in [0.25, 0.3) is 11.5 Å². The number of aromatic amines is 1. The number of aryl methyl sites for hydroxylation is 1. The predicted molar refractivity (Wildman–Crippen MR) is 97.0 cm³/mol. The van der Waals surface area contributed by atoms with Crippen LogP contribution in [0.3, 0.4) is 0 Å². The molecule has 4 rings (SSSR count). The number of amides is 1. The smallest absolute Gasteiger partial charge is 0.264 e. The highest BCUT2D eigenvalue weighted by atomic mass is 32.1. The molecule has 1 saturated heterocycles. The summed E-state index contributed by atoms with van der Waals surface area (Å²) in [7, 11) is 0. The highest BCUT2D eigenvalue weighted by Crippen LogP contribution is 2.45. The number of thiophene rings is 1. The van der Waals surface area contributed by atoms with E-state index in [1.54, 1.807) is 0 Å². The zero-order valence-electron chi connectivity index (χ0n) is 14.5. The minimum absolute atomic E-state index is 0.0345. The van der Waals surface area contributed by atoms with E-state index in [1.807, 2.05) is 18.7 Å². The Kier molecular flexibility index (Phi) is 3.96. The Morgan fingerprint density at radius 2 is 2.32 bits per heavy atom. The van der Waals surface area contributed by atoms with Crippen molar-refractivity contribution in [2.45, 2.75) is 45.1 Å². The predicted octanol–water partition coefficient (Wildman–Crippen LogP) is 2.31. The Morgan fingerprint density at radius 3 is 3.04 bits per heavy atom. The zero-order valence-corrected chi connectivity index (χ0v) is 15.4. The Bertz CT molecular complexity index is 889. The summed E-state index contributed by atoms with van der Waals surface area (Å²) in [6.45, 7) is 5.14. The lowest BCUT2D eigenvalue weighted by Crippen LogP contribution is -2.44. The topological polar surface area (TPSA) is 86.3 Å². The van der Waals surface area contributed by atoms with Crippen molar-refractivity contribution in [2.24, 2.45) is 11.8 Å². The van der Waals surface area contributed by atoms with E-state index < -0.39 is 5.60 Å². The molecule has 1 amide bonds. The van der Waals surface area contributed by atoms with Crippen LogP contribution in [0.15, 0.2) is 11.1 Å². The lowest BCUT2D eigenvalue weighted by atomic mass is 9.69. The van der Waals surface area contributed by atoms with Crippen molar-refractivity contribution >= 4 is 27.5 Å². The number of carbonyl (C=O) groups is 1. The van der Waals surface area contributed by atoms with E-state index in [2.05, 4.69) is 9.97 Å². The van der Waals surface area contributed by atoms with Crippen LogP contribution in [0.4, 0.5) is 0 Å². The molecule has 0 spiro atoms. The molecule has 2 N–H and O–H groups in total. The number of hydrogen-bond acceptors (Lipinski definition) is 5. The summed E-state index contributed by atoms with van der Waals surface area (Å²) < 4.78 is 0. The van der Waals surface area contributed by atoms with Crippen molar-refractivity contribution in [3.63, 3.8) is 0 Å². The van der Waals surface area contributed by atoms with Crippen LogP contribution in [0.25, 0.3) is 10.2 Å². The van der Waals surface area contributed by atoms with Crippen molar-refractivity contribution in [1.29, 1.82) is 0 Å². The maximum absolute atomic E-state index is 13.1. The molecular formula is C18H23N3O3S. The second-order valence-electron chi connectivity index (χ2n) is 7.39. The molecule has 1 aliphatic carbocycles. The van der Waals surface area contributed by atoms with Crippen LogP contribution >= 0.6 is 11.3 Å². The van der Waals surface area contributed by atoms with Gasteiger partial charge in [0, 0.05) is 19.0 Å². The second-order valence-corrected chi connectivity index (χ2v) is 8.39. The van der Waals surface area contributed by atoms with E-state index >= 15 is 0 Å². The maximum atomic E-state index is 13.1. The third-order valence-corrected chi connectivity index (χ3v) is 7.33. The average molecular weight is 361 g/mol. The minimum atomic E-state index is -0.647. The van der Waals surface area contributed by atoms with Gasteiger partial charge in [0.2, 0.25) is 0 Å². The Hall–Kier alpha value is -1.73. The molecule has 3 atom stereocenters. The molecule has 3 heterocycles. The van der Waals surface area contributed by atoms with Crippen molar-refractivity contribution < 1.29 is 9.90 Å². The van der Waals surface area contributed by atoms with Crippen LogP contribution in [0.1, 0.15) is 47.8 Å². The standard InChI is InChI=1S/C18H23N3O3S/c1-3-18(24)6-4-5-11-7-21(8-12(11)18)17(23)14-10(2)13-15(22)19-9-20-16(13)25-14/h9,11-12,24H,3-8H2,1-2H3,(H,19,20,22)/t11-,12+,18-/m0/s1. The quantitative estimate of drug-likeness (QED) is 0.859. The fourth-order valence-electron chi connectivity index (χ4n) is 4.66. The maximum Gasteiger partial charge on any atom is 0.264 e. The Labute approximate surface area is 149 Å². The Balaban J connectivity index is 1.66. The van der Waals surface area contributed by atoms with E-state index in [9.17, 15) is 14.7 Å². The molecule has 0 radical (unpaired) electrons. The highest BCUT2D eigenvalue weighted by Gasteiger charge is 2.49. The van der Waals surface area contributed by atoms with Gasteiger partial charge in [-0.3, -0.25) is 9.59 Å². The lowest BCUT2D eigenvalue weighted by Gasteiger charge is -2.40. The molecule has 2 aliphatic rings. The molecule has 0 aromatic carbocycles. The van der Waals surface area contributed by atoms with Crippen molar-refractivity contribution in [3.8, 4) is 0 Å². The number of fused-ring (bicyclic) bond motifs is 2. The SMILES string of the molecule is CC[C@]1(O)CCC[C@H]2CN(C(=O)c3sc4nc[nH]c(=O)c4c3C)C[C@H]21. The van der Waals surface area contributed by atoms with E-state index in [-0.39, 0.29) is 17.4 Å².